The highest BCUT2D eigenvalue weighted by atomic mass is 19.4. The molecule has 27 heavy (non-hydrogen) atoms. The Labute approximate surface area is 149 Å². The fourth-order valence-corrected chi connectivity index (χ4v) is 2.22. The number of amides is 2. The van der Waals surface area contributed by atoms with Crippen molar-refractivity contribution in [3.8, 4) is 5.69 Å². The summed E-state index contributed by atoms with van der Waals surface area (Å²) in [7, 11) is 0. The summed E-state index contributed by atoms with van der Waals surface area (Å²) in [6.45, 7) is 0. The van der Waals surface area contributed by atoms with Gasteiger partial charge in [0.15, 0.2) is 0 Å². The number of hydrogen-bond donors (Lipinski definition) is 2. The van der Waals surface area contributed by atoms with Gasteiger partial charge in [-0.1, -0.05) is 6.07 Å². The second kappa shape index (κ2) is 6.90. The molecule has 1 heterocycles. The van der Waals surface area contributed by atoms with Gasteiger partial charge < -0.3 is 5.73 Å². The summed E-state index contributed by atoms with van der Waals surface area (Å²) in [4.78, 5) is 11.7. The van der Waals surface area contributed by atoms with Crippen LogP contribution in [0.25, 0.3) is 5.69 Å². The molecule has 140 valence electrons. The van der Waals surface area contributed by atoms with Gasteiger partial charge in [-0.05, 0) is 46.8 Å². The lowest BCUT2D eigenvalue weighted by Crippen LogP contribution is -2.41. The smallest absolute Gasteiger partial charge is 0.350 e. The van der Waals surface area contributed by atoms with Crippen LogP contribution in [0.5, 0.6) is 0 Å². The maximum absolute atomic E-state index is 14.1. The molecule has 3 rings (SSSR count). The monoisotopic (exact) mass is 381 g/mol. The first-order chi connectivity index (χ1) is 12.8. The fraction of sp³-hybridized carbons (Fsp3) is 0.0667. The number of halogens is 4. The van der Waals surface area contributed by atoms with Crippen molar-refractivity contribution in [2.75, 3.05) is 10.4 Å². The molecule has 0 aliphatic rings. The highest BCUT2D eigenvalue weighted by Crippen LogP contribution is 2.33. The van der Waals surface area contributed by atoms with E-state index in [4.69, 9.17) is 5.73 Å². The highest BCUT2D eigenvalue weighted by molar-refractivity contribution is 5.93. The molecule has 0 aliphatic carbocycles. The number of carbonyl (C=O) groups is 1. The second-order valence-electron chi connectivity index (χ2n) is 5.25. The summed E-state index contributed by atoms with van der Waals surface area (Å²) in [5.41, 5.74) is 6.62. The number of primary amides is 1. The van der Waals surface area contributed by atoms with E-state index in [1.165, 1.54) is 23.1 Å². The Hall–Kier alpha value is -3.70. The van der Waals surface area contributed by atoms with E-state index >= 15 is 0 Å². The van der Waals surface area contributed by atoms with Gasteiger partial charge in [-0.15, -0.1) is 5.10 Å². The third-order valence-corrected chi connectivity index (χ3v) is 3.44. The first-order valence-corrected chi connectivity index (χ1v) is 7.32. The van der Waals surface area contributed by atoms with Crippen LogP contribution in [-0.4, -0.2) is 26.2 Å². The van der Waals surface area contributed by atoms with Crippen LogP contribution in [0.3, 0.4) is 0 Å². The van der Waals surface area contributed by atoms with Gasteiger partial charge in [0.2, 0.25) is 0 Å². The van der Waals surface area contributed by atoms with Gasteiger partial charge in [0.1, 0.15) is 17.8 Å². The van der Waals surface area contributed by atoms with Crippen molar-refractivity contribution in [3.63, 3.8) is 0 Å². The molecule has 0 atom stereocenters. The zero-order valence-corrected chi connectivity index (χ0v) is 13.4. The van der Waals surface area contributed by atoms with Crippen LogP contribution >= 0.6 is 0 Å². The molecule has 2 aromatic carbocycles. The number of benzene rings is 2. The fourth-order valence-electron chi connectivity index (χ4n) is 2.22. The van der Waals surface area contributed by atoms with E-state index in [-0.39, 0.29) is 5.69 Å². The third kappa shape index (κ3) is 3.94. The van der Waals surface area contributed by atoms with Gasteiger partial charge in [-0.25, -0.2) is 18.9 Å². The standard InChI is InChI=1S/C15H11F4N7O/c16-12-5-4-9(15(17,18)19)6-13(12)26(14(20)27)22-10-2-1-3-11(7-10)25-8-21-23-24-25/h1-8,22H,(H2,20,27). The van der Waals surface area contributed by atoms with Gasteiger partial charge in [0.05, 0.1) is 16.9 Å². The SMILES string of the molecule is NC(=O)N(Nc1cccc(-n2cnnn2)c1)c1cc(C(F)(F)F)ccc1F. The van der Waals surface area contributed by atoms with Crippen molar-refractivity contribution in [2.45, 2.75) is 6.18 Å². The van der Waals surface area contributed by atoms with Crippen LogP contribution in [0, 0.1) is 5.82 Å². The Morgan fingerprint density at radius 1 is 1.19 bits per heavy atom. The molecule has 0 fully saturated rings. The van der Waals surface area contributed by atoms with Crippen molar-refractivity contribution in [1.82, 2.24) is 20.2 Å². The summed E-state index contributed by atoms with van der Waals surface area (Å²) in [5, 5.41) is 11.1. The number of anilines is 2. The lowest BCUT2D eigenvalue weighted by atomic mass is 10.2. The first-order valence-electron chi connectivity index (χ1n) is 7.32. The van der Waals surface area contributed by atoms with Crippen molar-refractivity contribution >= 4 is 17.4 Å². The van der Waals surface area contributed by atoms with Crippen molar-refractivity contribution in [2.24, 2.45) is 5.73 Å². The number of alkyl halides is 3. The number of nitrogens with two attached hydrogens (primary N) is 1. The zero-order chi connectivity index (χ0) is 19.6. The quantitative estimate of drug-likeness (QED) is 0.534. The Bertz CT molecular complexity index is 959. The number of hydrazine groups is 1. The Morgan fingerprint density at radius 3 is 2.59 bits per heavy atom. The predicted octanol–water partition coefficient (Wildman–Crippen LogP) is 2.73. The maximum Gasteiger partial charge on any atom is 0.416 e. The molecular weight excluding hydrogens is 370 g/mol. The molecule has 1 aromatic heterocycles. The molecule has 3 aromatic rings. The van der Waals surface area contributed by atoms with Crippen LogP contribution in [0.4, 0.5) is 33.7 Å². The van der Waals surface area contributed by atoms with Crippen molar-refractivity contribution in [1.29, 1.82) is 0 Å². The normalized spacial score (nSPS) is 11.3. The molecule has 12 heteroatoms. The maximum atomic E-state index is 14.1. The molecule has 2 amide bonds. The summed E-state index contributed by atoms with van der Waals surface area (Å²) in [6.07, 6.45) is -3.40. The van der Waals surface area contributed by atoms with Crippen LogP contribution in [0.15, 0.2) is 48.8 Å². The lowest BCUT2D eigenvalue weighted by molar-refractivity contribution is -0.137. The minimum atomic E-state index is -4.72. The van der Waals surface area contributed by atoms with Crippen LogP contribution < -0.4 is 16.2 Å². The van der Waals surface area contributed by atoms with E-state index in [1.54, 1.807) is 12.1 Å². The molecule has 0 saturated carbocycles. The molecule has 0 unspecified atom stereocenters. The van der Waals surface area contributed by atoms with Crippen LogP contribution in [-0.2, 0) is 6.18 Å². The second-order valence-corrected chi connectivity index (χ2v) is 5.25. The van der Waals surface area contributed by atoms with E-state index in [2.05, 4.69) is 21.0 Å². The minimum absolute atomic E-state index is 0.235. The summed E-state index contributed by atoms with van der Waals surface area (Å²) >= 11 is 0. The number of carbonyl (C=O) groups excluding carboxylic acids is 1. The average Bonchev–Trinajstić information content (AvgIpc) is 3.14. The lowest BCUT2D eigenvalue weighted by Gasteiger charge is -2.24. The van der Waals surface area contributed by atoms with Crippen LogP contribution in [0.1, 0.15) is 5.56 Å². The molecule has 3 N–H and O–H groups in total. The van der Waals surface area contributed by atoms with E-state index in [9.17, 15) is 22.4 Å². The van der Waals surface area contributed by atoms with E-state index in [0.29, 0.717) is 28.9 Å². The molecule has 0 radical (unpaired) electrons. The molecule has 0 saturated heterocycles. The first kappa shape index (κ1) is 18.1. The molecular formula is C15H11F4N7O. The van der Waals surface area contributed by atoms with E-state index < -0.39 is 29.3 Å². The Kier molecular flexibility index (Phi) is 4.62. The topological polar surface area (TPSA) is 102 Å². The molecule has 8 nitrogen and oxygen atoms in total. The average molecular weight is 381 g/mol. The minimum Gasteiger partial charge on any atom is -0.350 e. The van der Waals surface area contributed by atoms with Gasteiger partial charge in [-0.2, -0.15) is 13.2 Å². The Balaban J connectivity index is 1.96. The van der Waals surface area contributed by atoms with Crippen molar-refractivity contribution < 1.29 is 22.4 Å². The Morgan fingerprint density at radius 2 is 1.96 bits per heavy atom. The number of tetrazole rings is 1. The highest BCUT2D eigenvalue weighted by Gasteiger charge is 2.32. The molecule has 0 aliphatic heterocycles. The van der Waals surface area contributed by atoms with Gasteiger partial charge in [0, 0.05) is 0 Å². The third-order valence-electron chi connectivity index (χ3n) is 3.44. The van der Waals surface area contributed by atoms with Crippen molar-refractivity contribution in [3.05, 3.63) is 60.2 Å². The largest absolute Gasteiger partial charge is 0.416 e. The number of nitrogens with zero attached hydrogens (tertiary/aromatic N) is 5. The number of urea groups is 1. The summed E-state index contributed by atoms with van der Waals surface area (Å²) in [5.74, 6) is -1.06. The van der Waals surface area contributed by atoms with Gasteiger partial charge in [0.25, 0.3) is 0 Å². The van der Waals surface area contributed by atoms with E-state index in [1.807, 2.05) is 0 Å². The van der Waals surface area contributed by atoms with Gasteiger partial charge >= 0.3 is 12.2 Å². The van der Waals surface area contributed by atoms with E-state index in [0.717, 1.165) is 0 Å². The summed E-state index contributed by atoms with van der Waals surface area (Å²) in [6, 6.07) is 6.64. The number of aromatic nitrogens is 4. The predicted molar refractivity (Wildman–Crippen MR) is 86.2 cm³/mol. The van der Waals surface area contributed by atoms with Crippen LogP contribution in [0.2, 0.25) is 0 Å². The molecule has 0 bridgehead atoms. The van der Waals surface area contributed by atoms with Gasteiger partial charge in [-0.3, -0.25) is 5.43 Å². The number of hydrogen-bond acceptors (Lipinski definition) is 5. The zero-order valence-electron chi connectivity index (χ0n) is 13.4. The number of rotatable bonds is 4. The molecule has 0 spiro atoms. The number of nitrogens with one attached hydrogen (secondary N) is 1. The summed E-state index contributed by atoms with van der Waals surface area (Å²) < 4.78 is 54.1.